The summed E-state index contributed by atoms with van der Waals surface area (Å²) in [7, 11) is -6.69. The highest BCUT2D eigenvalue weighted by Crippen LogP contribution is 2.30. The number of hydrogen-bond acceptors (Lipinski definition) is 6. The smallest absolute Gasteiger partial charge is 0.264 e. The van der Waals surface area contributed by atoms with Gasteiger partial charge in [0.15, 0.2) is 9.84 Å². The quantitative estimate of drug-likeness (QED) is 0.299. The molecule has 0 aliphatic heterocycles. The van der Waals surface area contributed by atoms with Crippen molar-refractivity contribution in [3.05, 3.63) is 71.9 Å². The molecule has 0 aliphatic rings. The van der Waals surface area contributed by atoms with Gasteiger partial charge in [-0.25, -0.2) is 8.42 Å². The highest BCUT2D eigenvalue weighted by molar-refractivity contribution is 7.90. The highest BCUT2D eigenvalue weighted by atomic mass is 32.2. The van der Waals surface area contributed by atoms with Crippen LogP contribution in [0.1, 0.15) is 17.7 Å². The molecular formula is C24H29NO6S2. The van der Waals surface area contributed by atoms with Gasteiger partial charge in [-0.05, 0) is 61.2 Å². The average molecular weight is 492 g/mol. The molecule has 0 radical (unpaired) electrons. The molecule has 3 aromatic rings. The Morgan fingerprint density at radius 3 is 2.12 bits per heavy atom. The van der Waals surface area contributed by atoms with Gasteiger partial charge in [0, 0.05) is 24.2 Å². The summed E-state index contributed by atoms with van der Waals surface area (Å²) in [6, 6.07) is 19.0. The predicted octanol–water partition coefficient (Wildman–Crippen LogP) is 3.78. The number of aromatic nitrogens is 1. The normalized spacial score (nSPS) is 12.2. The molecule has 0 saturated heterocycles. The number of rotatable bonds is 11. The first-order chi connectivity index (χ1) is 15.6. The van der Waals surface area contributed by atoms with Crippen LogP contribution >= 0.6 is 0 Å². The van der Waals surface area contributed by atoms with Crippen molar-refractivity contribution in [1.29, 1.82) is 0 Å². The third kappa shape index (κ3) is 7.01. The first kappa shape index (κ1) is 25.2. The van der Waals surface area contributed by atoms with Crippen molar-refractivity contribution in [3.63, 3.8) is 0 Å². The van der Waals surface area contributed by atoms with Gasteiger partial charge in [0.2, 0.25) is 0 Å². The van der Waals surface area contributed by atoms with Crippen molar-refractivity contribution < 1.29 is 25.8 Å². The van der Waals surface area contributed by atoms with Gasteiger partial charge in [0.25, 0.3) is 10.1 Å². The molecule has 33 heavy (non-hydrogen) atoms. The largest absolute Gasteiger partial charge is 0.381 e. The number of hydrogen-bond donors (Lipinski definition) is 0. The molecule has 0 spiro atoms. The van der Waals surface area contributed by atoms with E-state index in [-0.39, 0.29) is 11.5 Å². The molecule has 178 valence electrons. The van der Waals surface area contributed by atoms with Crippen molar-refractivity contribution in [3.8, 4) is 16.9 Å². The topological polar surface area (TPSA) is 91.7 Å². The number of para-hydroxylation sites is 1. The van der Waals surface area contributed by atoms with Crippen LogP contribution in [0.3, 0.4) is 0 Å². The maximum atomic E-state index is 11.8. The SMILES string of the molecule is Cc1c(CCOCCCOS(C)(=O)=O)cc(-c2ccc(S(C)(=O)=O)cc2)n1-c1ccccc1. The minimum Gasteiger partial charge on any atom is -0.381 e. The zero-order valence-corrected chi connectivity index (χ0v) is 20.7. The first-order valence-corrected chi connectivity index (χ1v) is 14.3. The van der Waals surface area contributed by atoms with E-state index in [2.05, 4.69) is 17.6 Å². The lowest BCUT2D eigenvalue weighted by atomic mass is 10.1. The third-order valence-electron chi connectivity index (χ3n) is 5.19. The monoisotopic (exact) mass is 491 g/mol. The Morgan fingerprint density at radius 2 is 1.52 bits per heavy atom. The number of nitrogens with zero attached hydrogens (tertiary/aromatic N) is 1. The van der Waals surface area contributed by atoms with Gasteiger partial charge in [-0.1, -0.05) is 30.3 Å². The van der Waals surface area contributed by atoms with Crippen LogP contribution in [0.2, 0.25) is 0 Å². The maximum Gasteiger partial charge on any atom is 0.264 e. The van der Waals surface area contributed by atoms with Crippen molar-refractivity contribution in [2.45, 2.75) is 24.7 Å². The lowest BCUT2D eigenvalue weighted by Gasteiger charge is -2.13. The minimum absolute atomic E-state index is 0.107. The van der Waals surface area contributed by atoms with E-state index in [0.29, 0.717) is 26.1 Å². The van der Waals surface area contributed by atoms with Crippen molar-refractivity contribution in [2.24, 2.45) is 0 Å². The molecule has 9 heteroatoms. The lowest BCUT2D eigenvalue weighted by molar-refractivity contribution is 0.123. The Labute approximate surface area is 196 Å². The van der Waals surface area contributed by atoms with Crippen LogP contribution in [0.4, 0.5) is 0 Å². The number of ether oxygens (including phenoxy) is 1. The van der Waals surface area contributed by atoms with E-state index < -0.39 is 20.0 Å². The molecule has 0 unspecified atom stereocenters. The predicted molar refractivity (Wildman–Crippen MR) is 129 cm³/mol. The van der Waals surface area contributed by atoms with Gasteiger partial charge in [0.1, 0.15) is 0 Å². The number of benzene rings is 2. The molecule has 2 aromatic carbocycles. The Kier molecular flexibility index (Phi) is 8.12. The van der Waals surface area contributed by atoms with Crippen LogP contribution in [0, 0.1) is 6.92 Å². The van der Waals surface area contributed by atoms with Crippen molar-refractivity contribution >= 4 is 20.0 Å². The van der Waals surface area contributed by atoms with Crippen molar-refractivity contribution in [1.82, 2.24) is 4.57 Å². The zero-order chi connectivity index (χ0) is 24.1. The molecule has 0 fully saturated rings. The summed E-state index contributed by atoms with van der Waals surface area (Å²) < 4.78 is 58.2. The third-order valence-corrected chi connectivity index (χ3v) is 6.91. The molecule has 0 atom stereocenters. The molecule has 0 aliphatic carbocycles. The van der Waals surface area contributed by atoms with Gasteiger partial charge in [-0.15, -0.1) is 0 Å². The molecule has 7 nitrogen and oxygen atoms in total. The lowest BCUT2D eigenvalue weighted by Crippen LogP contribution is -2.08. The molecular weight excluding hydrogens is 462 g/mol. The summed E-state index contributed by atoms with van der Waals surface area (Å²) in [5.74, 6) is 0. The van der Waals surface area contributed by atoms with Gasteiger partial charge < -0.3 is 9.30 Å². The molecule has 0 N–H and O–H groups in total. The Balaban J connectivity index is 1.78. The molecule has 1 aromatic heterocycles. The summed E-state index contributed by atoms with van der Waals surface area (Å²) >= 11 is 0. The molecule has 0 bridgehead atoms. The van der Waals surface area contributed by atoms with Gasteiger partial charge in [0.05, 0.1) is 30.1 Å². The average Bonchev–Trinajstić information content (AvgIpc) is 3.08. The van der Waals surface area contributed by atoms with E-state index >= 15 is 0 Å². The van der Waals surface area contributed by atoms with E-state index in [0.717, 1.165) is 34.5 Å². The van der Waals surface area contributed by atoms with Crippen LogP contribution in [0.25, 0.3) is 16.9 Å². The van der Waals surface area contributed by atoms with Crippen LogP contribution in [-0.2, 0) is 35.3 Å². The Morgan fingerprint density at radius 1 is 0.848 bits per heavy atom. The second kappa shape index (κ2) is 10.6. The fourth-order valence-electron chi connectivity index (χ4n) is 3.56. The summed E-state index contributed by atoms with van der Waals surface area (Å²) in [5, 5.41) is 0. The zero-order valence-electron chi connectivity index (χ0n) is 19.0. The summed E-state index contributed by atoms with van der Waals surface area (Å²) in [5.41, 5.74) is 5.10. The Hall–Kier alpha value is -2.46. The van der Waals surface area contributed by atoms with E-state index in [9.17, 15) is 16.8 Å². The summed E-state index contributed by atoms with van der Waals surface area (Å²) in [6.07, 6.45) is 3.41. The minimum atomic E-state index is -3.42. The van der Waals surface area contributed by atoms with Gasteiger partial charge in [-0.3, -0.25) is 4.18 Å². The highest BCUT2D eigenvalue weighted by Gasteiger charge is 2.16. The fourth-order valence-corrected chi connectivity index (χ4v) is 4.61. The van der Waals surface area contributed by atoms with E-state index in [1.165, 1.54) is 6.26 Å². The van der Waals surface area contributed by atoms with E-state index in [4.69, 9.17) is 8.92 Å². The van der Waals surface area contributed by atoms with Crippen LogP contribution in [0.5, 0.6) is 0 Å². The van der Waals surface area contributed by atoms with E-state index in [1.807, 2.05) is 42.5 Å². The van der Waals surface area contributed by atoms with Crippen LogP contribution in [-0.4, -0.2) is 53.7 Å². The first-order valence-electron chi connectivity index (χ1n) is 10.6. The van der Waals surface area contributed by atoms with Crippen LogP contribution < -0.4 is 0 Å². The second-order valence-corrected chi connectivity index (χ2v) is 11.5. The fraction of sp³-hybridized carbons (Fsp3) is 0.333. The molecule has 1 heterocycles. The van der Waals surface area contributed by atoms with Crippen molar-refractivity contribution in [2.75, 3.05) is 32.3 Å². The Bertz CT molecular complexity index is 1280. The number of sulfone groups is 1. The van der Waals surface area contributed by atoms with Gasteiger partial charge in [-0.2, -0.15) is 8.42 Å². The van der Waals surface area contributed by atoms with E-state index in [1.54, 1.807) is 12.1 Å². The summed E-state index contributed by atoms with van der Waals surface area (Å²) in [4.78, 5) is 0.286. The van der Waals surface area contributed by atoms with Crippen LogP contribution in [0.15, 0.2) is 65.6 Å². The summed E-state index contributed by atoms with van der Waals surface area (Å²) in [6.45, 7) is 3.06. The van der Waals surface area contributed by atoms with Gasteiger partial charge >= 0.3 is 0 Å². The molecule has 0 amide bonds. The molecule has 0 saturated carbocycles. The maximum absolute atomic E-state index is 11.8. The second-order valence-electron chi connectivity index (χ2n) is 7.85. The molecule has 3 rings (SSSR count). The standard InChI is InChI=1S/C24H29NO6S2/c1-19-21(14-17-30-15-7-16-31-33(3,28)29)18-24(25(19)22-8-5-4-6-9-22)20-10-12-23(13-11-20)32(2,26)27/h4-6,8-13,18H,7,14-17H2,1-3H3.